The average molecular weight is 571 g/mol. The fourth-order valence-corrected chi connectivity index (χ4v) is 6.58. The molecule has 5 N–H and O–H groups in total. The quantitative estimate of drug-likeness (QED) is 0.0729. The first-order chi connectivity index (χ1) is 18.3. The Morgan fingerprint density at radius 3 is 2.89 bits per heavy atom. The van der Waals surface area contributed by atoms with Gasteiger partial charge < -0.3 is 31.5 Å². The van der Waals surface area contributed by atoms with Crippen molar-refractivity contribution in [2.45, 2.75) is 18.0 Å². The van der Waals surface area contributed by atoms with Gasteiger partial charge >= 0.3 is 0 Å². The molecular weight excluding hydrogens is 552 g/mol. The molecule has 1 unspecified atom stereocenters. The fraction of sp³-hybridized carbons (Fsp3) is 0.227. The predicted molar refractivity (Wildman–Crippen MR) is 139 cm³/mol. The number of oxime groups is 1. The molecule has 1 saturated heterocycles. The van der Waals surface area contributed by atoms with Gasteiger partial charge in [0.1, 0.15) is 22.6 Å². The summed E-state index contributed by atoms with van der Waals surface area (Å²) < 4.78 is 2.67. The summed E-state index contributed by atoms with van der Waals surface area (Å²) in [6.45, 7) is 0.0140. The van der Waals surface area contributed by atoms with Crippen LogP contribution in [0.15, 0.2) is 40.3 Å². The number of pyridine rings is 1. The van der Waals surface area contributed by atoms with E-state index >= 15 is 0 Å². The van der Waals surface area contributed by atoms with E-state index in [1.54, 1.807) is 17.0 Å². The van der Waals surface area contributed by atoms with E-state index in [0.29, 0.717) is 22.0 Å². The molecule has 0 aliphatic carbocycles. The second-order valence-electron chi connectivity index (χ2n) is 8.01. The van der Waals surface area contributed by atoms with Gasteiger partial charge in [-0.3, -0.25) is 14.5 Å². The molecule has 1 fully saturated rings. The molecule has 0 bridgehead atoms. The van der Waals surface area contributed by atoms with Gasteiger partial charge in [-0.15, -0.1) is 29.5 Å². The third kappa shape index (κ3) is 4.74. The summed E-state index contributed by atoms with van der Waals surface area (Å²) in [6.07, 6.45) is 8.70. The highest BCUT2D eigenvalue weighted by Crippen LogP contribution is 2.40. The van der Waals surface area contributed by atoms with Crippen LogP contribution in [0.25, 0.3) is 10.2 Å². The van der Waals surface area contributed by atoms with E-state index in [4.69, 9.17) is 22.7 Å². The maximum atomic E-state index is 13.1. The minimum atomic E-state index is -1.48. The Labute approximate surface area is 227 Å². The van der Waals surface area contributed by atoms with Crippen LogP contribution in [0.3, 0.4) is 0 Å². The van der Waals surface area contributed by atoms with Gasteiger partial charge in [-0.1, -0.05) is 22.4 Å². The van der Waals surface area contributed by atoms with E-state index in [1.165, 1.54) is 28.5 Å². The standard InChI is InChI=1S/C22H18N8O5S3/c1-2-5-35-28-14(12-9-37-21(23)26-12)17(31)27-15-18(32)30-16(20(33)34)10(8-36-19(15)30)6-29-4-3-13-11(7-29)25-22(24)38-13/h1,3-4,7,9,15,19H,5-6,8H2,(H5-,23,24,25,26,27,31,33,34)/b28-14-/t15?,19-/m1/s1. The highest BCUT2D eigenvalue weighted by molar-refractivity contribution is 8.00. The fourth-order valence-electron chi connectivity index (χ4n) is 3.99. The summed E-state index contributed by atoms with van der Waals surface area (Å²) in [5.41, 5.74) is 12.3. The zero-order chi connectivity index (χ0) is 27.0. The van der Waals surface area contributed by atoms with Gasteiger partial charge in [-0.05, 0) is 0 Å². The molecule has 2 atom stereocenters. The monoisotopic (exact) mass is 570 g/mol. The normalized spacial score (nSPS) is 19.1. The smallest absolute Gasteiger partial charge is 0.276 e. The summed E-state index contributed by atoms with van der Waals surface area (Å²) in [4.78, 5) is 52.6. The SMILES string of the molecule is C#CCO/N=C(\C(=O)NC1C(=O)N2C(C(=O)[O-])=C(C[n+]3ccc4sc(N)nc4c3)CS[C@H]12)c1csc(N)n1. The van der Waals surface area contributed by atoms with E-state index in [0.717, 1.165) is 20.9 Å². The number of aliphatic carboxylic acids is 1. The number of carboxylic acid groups (broad SMARTS) is 1. The second-order valence-corrected chi connectivity index (χ2v) is 11.1. The van der Waals surface area contributed by atoms with Crippen LogP contribution in [-0.4, -0.2) is 62.1 Å². The highest BCUT2D eigenvalue weighted by Gasteiger charge is 2.53. The number of carbonyl (C=O) groups excluding carboxylic acids is 3. The van der Waals surface area contributed by atoms with Gasteiger partial charge in [0.05, 0.1) is 16.4 Å². The largest absolute Gasteiger partial charge is 0.543 e. The maximum absolute atomic E-state index is 13.1. The molecule has 2 aliphatic rings. The number of fused-ring (bicyclic) bond motifs is 2. The van der Waals surface area contributed by atoms with Crippen molar-refractivity contribution in [2.24, 2.45) is 5.16 Å². The molecule has 16 heteroatoms. The van der Waals surface area contributed by atoms with E-state index < -0.39 is 29.2 Å². The minimum Gasteiger partial charge on any atom is -0.543 e. The molecule has 2 amide bonds. The van der Waals surface area contributed by atoms with Gasteiger partial charge in [-0.2, -0.15) is 4.57 Å². The lowest BCUT2D eigenvalue weighted by Crippen LogP contribution is -2.71. The van der Waals surface area contributed by atoms with Crippen molar-refractivity contribution in [1.29, 1.82) is 0 Å². The third-order valence-electron chi connectivity index (χ3n) is 5.59. The number of nitrogens with two attached hydrogens (primary N) is 2. The average Bonchev–Trinajstić information content (AvgIpc) is 3.48. The maximum Gasteiger partial charge on any atom is 0.276 e. The van der Waals surface area contributed by atoms with E-state index in [9.17, 15) is 19.5 Å². The van der Waals surface area contributed by atoms with Crippen molar-refractivity contribution < 1.29 is 28.9 Å². The van der Waals surface area contributed by atoms with Gasteiger partial charge in [0, 0.05) is 22.8 Å². The number of carboxylic acids is 1. The molecule has 2 aliphatic heterocycles. The molecule has 0 aromatic carbocycles. The molecule has 5 rings (SSSR count). The Hall–Kier alpha value is -4.20. The molecule has 13 nitrogen and oxygen atoms in total. The molecule has 3 aromatic heterocycles. The van der Waals surface area contributed by atoms with Crippen molar-refractivity contribution >= 4 is 78.4 Å². The first-order valence-electron chi connectivity index (χ1n) is 10.9. The number of anilines is 2. The number of carbonyl (C=O) groups is 3. The van der Waals surface area contributed by atoms with Crippen LogP contribution in [-0.2, 0) is 25.8 Å². The van der Waals surface area contributed by atoms with Crippen LogP contribution >= 0.6 is 34.4 Å². The third-order valence-corrected chi connectivity index (χ3v) is 8.47. The number of nitrogen functional groups attached to an aromatic ring is 2. The number of nitrogens with zero attached hydrogens (tertiary/aromatic N) is 5. The van der Waals surface area contributed by atoms with Gasteiger partial charge in [0.2, 0.25) is 0 Å². The Bertz CT molecular complexity index is 1570. The minimum absolute atomic E-state index is 0.149. The van der Waals surface area contributed by atoms with Crippen LogP contribution in [0.4, 0.5) is 10.3 Å². The number of hydrogen-bond acceptors (Lipinski definition) is 13. The van der Waals surface area contributed by atoms with Crippen LogP contribution in [0, 0.1) is 12.3 Å². The summed E-state index contributed by atoms with van der Waals surface area (Å²) in [7, 11) is 0. The number of terminal acetylenes is 1. The molecule has 38 heavy (non-hydrogen) atoms. The first-order valence-corrected chi connectivity index (χ1v) is 13.6. The van der Waals surface area contributed by atoms with E-state index in [2.05, 4.69) is 26.4 Å². The van der Waals surface area contributed by atoms with Gasteiger partial charge in [0.15, 0.2) is 41.5 Å². The van der Waals surface area contributed by atoms with Gasteiger partial charge in [0.25, 0.3) is 11.8 Å². The Morgan fingerprint density at radius 1 is 1.37 bits per heavy atom. The summed E-state index contributed by atoms with van der Waals surface area (Å²) >= 11 is 3.76. The van der Waals surface area contributed by atoms with Crippen LogP contribution in [0.1, 0.15) is 5.69 Å². The predicted octanol–water partition coefficient (Wildman–Crippen LogP) is -1.34. The number of aromatic nitrogens is 3. The topological polar surface area (TPSA) is 193 Å². The zero-order valence-electron chi connectivity index (χ0n) is 19.3. The van der Waals surface area contributed by atoms with Crippen LogP contribution in [0.2, 0.25) is 0 Å². The van der Waals surface area contributed by atoms with Crippen molar-refractivity contribution in [3.8, 4) is 12.3 Å². The van der Waals surface area contributed by atoms with Crippen molar-refractivity contribution in [1.82, 2.24) is 20.2 Å². The van der Waals surface area contributed by atoms with Crippen molar-refractivity contribution in [3.63, 3.8) is 0 Å². The van der Waals surface area contributed by atoms with Crippen LogP contribution < -0.4 is 26.5 Å². The molecular formula is C22H18N8O5S3. The Kier molecular flexibility index (Phi) is 6.89. The Morgan fingerprint density at radius 2 is 2.18 bits per heavy atom. The molecule has 5 heterocycles. The molecule has 3 aromatic rings. The molecule has 0 spiro atoms. The lowest BCUT2D eigenvalue weighted by molar-refractivity contribution is -0.687. The molecule has 194 valence electrons. The highest BCUT2D eigenvalue weighted by atomic mass is 32.2. The van der Waals surface area contributed by atoms with Crippen molar-refractivity contribution in [3.05, 3.63) is 40.8 Å². The van der Waals surface area contributed by atoms with Gasteiger partial charge in [-0.25, -0.2) is 9.97 Å². The number of β-lactam (4-membered cyclic amide) rings is 1. The number of thioether (sulfide) groups is 1. The van der Waals surface area contributed by atoms with Crippen molar-refractivity contribution in [2.75, 3.05) is 23.8 Å². The lowest BCUT2D eigenvalue weighted by atomic mass is 10.0. The zero-order valence-corrected chi connectivity index (χ0v) is 21.8. The first kappa shape index (κ1) is 25.4. The number of hydrogen-bond donors (Lipinski definition) is 3. The second kappa shape index (κ2) is 10.3. The van der Waals surface area contributed by atoms with Crippen LogP contribution in [0.5, 0.6) is 0 Å². The van der Waals surface area contributed by atoms with E-state index in [1.807, 2.05) is 6.07 Å². The number of thiazole rings is 2. The molecule has 0 saturated carbocycles. The summed E-state index contributed by atoms with van der Waals surface area (Å²) in [5.74, 6) is -0.301. The number of amides is 2. The lowest BCUT2D eigenvalue weighted by Gasteiger charge is -2.50. The summed E-state index contributed by atoms with van der Waals surface area (Å²) in [6, 6.07) is 0.837. The molecule has 0 radical (unpaired) electrons. The number of nitrogens with one attached hydrogen (secondary N) is 1. The van der Waals surface area contributed by atoms with E-state index in [-0.39, 0.29) is 35.4 Å². The summed E-state index contributed by atoms with van der Waals surface area (Å²) in [5, 5.41) is 20.0. The number of rotatable bonds is 8. The Balaban J connectivity index is 1.35.